The van der Waals surface area contributed by atoms with Gasteiger partial charge in [0.25, 0.3) is 0 Å². The highest BCUT2D eigenvalue weighted by Gasteiger charge is 2.34. The van der Waals surface area contributed by atoms with Gasteiger partial charge in [0, 0.05) is 24.7 Å². The Morgan fingerprint density at radius 3 is 3.00 bits per heavy atom. The van der Waals surface area contributed by atoms with Crippen LogP contribution in [0.4, 0.5) is 4.39 Å². The number of ether oxygens (including phenoxy) is 1. The first-order chi connectivity index (χ1) is 10.2. The quantitative estimate of drug-likeness (QED) is 0.921. The highest BCUT2D eigenvalue weighted by Crippen LogP contribution is 2.42. The van der Waals surface area contributed by atoms with Gasteiger partial charge < -0.3 is 14.4 Å². The fourth-order valence-electron chi connectivity index (χ4n) is 3.21. The molecule has 0 fully saturated rings. The second-order valence-corrected chi connectivity index (χ2v) is 5.39. The van der Waals surface area contributed by atoms with Crippen molar-refractivity contribution in [2.75, 3.05) is 7.11 Å². The minimum absolute atomic E-state index is 0.237. The Kier molecular flexibility index (Phi) is 3.78. The van der Waals surface area contributed by atoms with E-state index in [0.717, 1.165) is 11.3 Å². The van der Waals surface area contributed by atoms with Gasteiger partial charge in [-0.15, -0.1) is 0 Å². The molecule has 0 aliphatic carbocycles. The molecule has 5 heteroatoms. The van der Waals surface area contributed by atoms with Crippen molar-refractivity contribution in [1.29, 1.82) is 0 Å². The van der Waals surface area contributed by atoms with Crippen LogP contribution in [0.2, 0.25) is 0 Å². The maximum Gasteiger partial charge on any atom is 0.129 e. The van der Waals surface area contributed by atoms with E-state index >= 15 is 0 Å². The minimum Gasteiger partial charge on any atom is -0.390 e. The number of benzene rings is 1. The molecule has 3 atom stereocenters. The first-order valence-electron chi connectivity index (χ1n) is 7.18. The van der Waals surface area contributed by atoms with Gasteiger partial charge in [0.1, 0.15) is 5.82 Å². The van der Waals surface area contributed by atoms with Gasteiger partial charge in [0.2, 0.25) is 0 Å². The molecule has 2 aromatic rings. The topological polar surface area (TPSA) is 47.3 Å². The fraction of sp³-hybridized carbons (Fsp3) is 0.438. The number of aromatic nitrogens is 2. The summed E-state index contributed by atoms with van der Waals surface area (Å²) in [4.78, 5) is 4.14. The number of nitrogens with zero attached hydrogens (tertiary/aromatic N) is 2. The average Bonchev–Trinajstić information content (AvgIpc) is 3.04. The van der Waals surface area contributed by atoms with E-state index in [1.165, 1.54) is 6.07 Å². The van der Waals surface area contributed by atoms with Crippen molar-refractivity contribution < 1.29 is 14.2 Å². The lowest BCUT2D eigenvalue weighted by atomic mass is 9.95. The summed E-state index contributed by atoms with van der Waals surface area (Å²) in [7, 11) is 1.59. The smallest absolute Gasteiger partial charge is 0.129 e. The third-order valence-corrected chi connectivity index (χ3v) is 4.26. The average molecular weight is 290 g/mol. The minimum atomic E-state index is -0.647. The van der Waals surface area contributed by atoms with Crippen LogP contribution in [-0.2, 0) is 4.74 Å². The predicted molar refractivity (Wildman–Crippen MR) is 77.5 cm³/mol. The third-order valence-electron chi connectivity index (χ3n) is 4.26. The third kappa shape index (κ3) is 2.26. The zero-order chi connectivity index (χ0) is 15.0. The molecule has 0 bridgehead atoms. The Labute approximate surface area is 123 Å². The zero-order valence-corrected chi connectivity index (χ0v) is 12.2. The molecule has 21 heavy (non-hydrogen) atoms. The Morgan fingerprint density at radius 1 is 1.48 bits per heavy atom. The SMILES string of the molecule is CCC(OC)[C@H](O)CC1c2c(F)cccc2-c2cncn21. The van der Waals surface area contributed by atoms with Crippen molar-refractivity contribution in [3.8, 4) is 11.3 Å². The van der Waals surface area contributed by atoms with E-state index in [1.54, 1.807) is 25.7 Å². The summed E-state index contributed by atoms with van der Waals surface area (Å²) in [5.74, 6) is -0.237. The van der Waals surface area contributed by atoms with Crippen molar-refractivity contribution in [3.05, 3.63) is 42.1 Å². The van der Waals surface area contributed by atoms with Gasteiger partial charge >= 0.3 is 0 Å². The van der Waals surface area contributed by atoms with Crippen molar-refractivity contribution in [3.63, 3.8) is 0 Å². The Morgan fingerprint density at radius 2 is 2.29 bits per heavy atom. The second-order valence-electron chi connectivity index (χ2n) is 5.39. The predicted octanol–water partition coefficient (Wildman–Crippen LogP) is 2.77. The number of aliphatic hydroxyl groups is 1. The molecule has 4 nitrogen and oxygen atoms in total. The molecular weight excluding hydrogens is 271 g/mol. The summed E-state index contributed by atoms with van der Waals surface area (Å²) in [6.45, 7) is 1.96. The van der Waals surface area contributed by atoms with E-state index in [-0.39, 0.29) is 18.0 Å². The lowest BCUT2D eigenvalue weighted by Gasteiger charge is -2.24. The van der Waals surface area contributed by atoms with Crippen LogP contribution < -0.4 is 0 Å². The van der Waals surface area contributed by atoms with Gasteiger partial charge in [0.15, 0.2) is 0 Å². The zero-order valence-electron chi connectivity index (χ0n) is 12.2. The van der Waals surface area contributed by atoms with Gasteiger partial charge in [-0.2, -0.15) is 0 Å². The summed E-state index contributed by atoms with van der Waals surface area (Å²) in [5, 5.41) is 10.4. The summed E-state index contributed by atoms with van der Waals surface area (Å²) < 4.78 is 21.5. The van der Waals surface area contributed by atoms with Crippen molar-refractivity contribution in [2.45, 2.75) is 38.0 Å². The molecule has 1 aliphatic heterocycles. The maximum atomic E-state index is 14.3. The van der Waals surface area contributed by atoms with Crippen LogP contribution in [0.15, 0.2) is 30.7 Å². The molecule has 1 aromatic heterocycles. The molecule has 0 spiro atoms. The van der Waals surface area contributed by atoms with Crippen molar-refractivity contribution in [2.24, 2.45) is 0 Å². The molecule has 2 heterocycles. The molecule has 0 saturated heterocycles. The molecule has 0 saturated carbocycles. The molecule has 1 N–H and O–H groups in total. The molecule has 1 aliphatic rings. The van der Waals surface area contributed by atoms with Crippen LogP contribution >= 0.6 is 0 Å². The van der Waals surface area contributed by atoms with E-state index < -0.39 is 6.10 Å². The number of hydrogen-bond acceptors (Lipinski definition) is 3. The van der Waals surface area contributed by atoms with Crippen LogP contribution in [0.5, 0.6) is 0 Å². The van der Waals surface area contributed by atoms with E-state index in [2.05, 4.69) is 4.98 Å². The van der Waals surface area contributed by atoms with Gasteiger partial charge in [-0.05, 0) is 12.5 Å². The standard InChI is InChI=1S/C16H19FN2O2/c1-3-15(21-2)14(20)7-12-16-10(5-4-6-11(16)17)13-8-18-9-19(12)13/h4-6,8-9,12,14-15,20H,3,7H2,1-2H3/t12?,14-,15?/m1/s1. The number of methoxy groups -OCH3 is 1. The number of halogens is 1. The van der Waals surface area contributed by atoms with Crippen LogP contribution in [-0.4, -0.2) is 34.0 Å². The van der Waals surface area contributed by atoms with E-state index in [4.69, 9.17) is 4.74 Å². The fourth-order valence-corrected chi connectivity index (χ4v) is 3.21. The number of imidazole rings is 1. The maximum absolute atomic E-state index is 14.3. The van der Waals surface area contributed by atoms with Crippen LogP contribution in [0.1, 0.15) is 31.4 Å². The molecular formula is C16H19FN2O2. The highest BCUT2D eigenvalue weighted by molar-refractivity contribution is 5.69. The van der Waals surface area contributed by atoms with Crippen molar-refractivity contribution >= 4 is 0 Å². The first kappa shape index (κ1) is 14.2. The molecule has 0 radical (unpaired) electrons. The first-order valence-corrected chi connectivity index (χ1v) is 7.18. The molecule has 1 aromatic carbocycles. The van der Waals surface area contributed by atoms with E-state index in [1.807, 2.05) is 17.6 Å². The lowest BCUT2D eigenvalue weighted by Crippen LogP contribution is -2.30. The second kappa shape index (κ2) is 5.58. The van der Waals surface area contributed by atoms with Gasteiger partial charge in [-0.1, -0.05) is 19.1 Å². The molecule has 3 rings (SSSR count). The molecule has 112 valence electrons. The summed E-state index contributed by atoms with van der Waals surface area (Å²) in [6, 6.07) is 4.82. The van der Waals surface area contributed by atoms with E-state index in [0.29, 0.717) is 18.4 Å². The Bertz CT molecular complexity index is 637. The molecule has 0 amide bonds. The number of aliphatic hydroxyl groups excluding tert-OH is 1. The molecule has 2 unspecified atom stereocenters. The Balaban J connectivity index is 1.97. The van der Waals surface area contributed by atoms with Crippen molar-refractivity contribution in [1.82, 2.24) is 9.55 Å². The van der Waals surface area contributed by atoms with Gasteiger partial charge in [-0.25, -0.2) is 9.37 Å². The largest absolute Gasteiger partial charge is 0.390 e. The summed E-state index contributed by atoms with van der Waals surface area (Å²) in [5.41, 5.74) is 2.39. The van der Waals surface area contributed by atoms with E-state index in [9.17, 15) is 9.50 Å². The van der Waals surface area contributed by atoms with Gasteiger partial charge in [-0.3, -0.25) is 0 Å². The monoisotopic (exact) mass is 290 g/mol. The summed E-state index contributed by atoms with van der Waals surface area (Å²) >= 11 is 0. The lowest BCUT2D eigenvalue weighted by molar-refractivity contribution is -0.0213. The van der Waals surface area contributed by atoms with Gasteiger partial charge in [0.05, 0.1) is 36.5 Å². The normalized spacial score (nSPS) is 19.1. The number of hydrogen-bond donors (Lipinski definition) is 1. The summed E-state index contributed by atoms with van der Waals surface area (Å²) in [6.07, 6.45) is 3.66. The van der Waals surface area contributed by atoms with Crippen LogP contribution in [0.3, 0.4) is 0 Å². The highest BCUT2D eigenvalue weighted by atomic mass is 19.1. The Hall–Kier alpha value is -1.72. The van der Waals surface area contributed by atoms with Crippen LogP contribution in [0.25, 0.3) is 11.3 Å². The number of rotatable bonds is 5. The number of fused-ring (bicyclic) bond motifs is 3. The van der Waals surface area contributed by atoms with Crippen LogP contribution in [0, 0.1) is 5.82 Å².